The Bertz CT molecular complexity index is 406. The van der Waals surface area contributed by atoms with Gasteiger partial charge in [0.25, 0.3) is 0 Å². The van der Waals surface area contributed by atoms with Gasteiger partial charge in [-0.05, 0) is 24.1 Å². The fourth-order valence-electron chi connectivity index (χ4n) is 1.60. The Kier molecular flexibility index (Phi) is 3.59. The van der Waals surface area contributed by atoms with E-state index in [0.29, 0.717) is 6.54 Å². The average Bonchev–Trinajstić information content (AvgIpc) is 2.82. The van der Waals surface area contributed by atoms with Crippen molar-refractivity contribution in [1.82, 2.24) is 4.98 Å². The second kappa shape index (κ2) is 5.35. The smallest absolute Gasteiger partial charge is 0.180 e. The van der Waals surface area contributed by atoms with Crippen LogP contribution in [0.4, 0.5) is 5.69 Å². The van der Waals surface area contributed by atoms with Crippen LogP contribution in [-0.2, 0) is 13.0 Å². The van der Waals surface area contributed by atoms with Crippen molar-refractivity contribution in [3.8, 4) is 0 Å². The molecular weight excluding hydrogens is 200 g/mol. The first-order valence-electron chi connectivity index (χ1n) is 5.58. The summed E-state index contributed by atoms with van der Waals surface area (Å²) in [5.41, 5.74) is 2.49. The number of aromatic nitrogens is 1. The highest BCUT2D eigenvalue weighted by Gasteiger charge is 1.97. The summed E-state index contributed by atoms with van der Waals surface area (Å²) in [5.74, 6) is 0.845. The molecule has 0 radical (unpaired) electrons. The molecule has 1 aromatic heterocycles. The lowest BCUT2D eigenvalue weighted by Crippen LogP contribution is -1.98. The van der Waals surface area contributed by atoms with Crippen LogP contribution in [0.25, 0.3) is 0 Å². The molecule has 0 aliphatic rings. The lowest BCUT2D eigenvalue weighted by Gasteiger charge is -2.05. The highest BCUT2D eigenvalue weighted by Crippen LogP contribution is 2.12. The Morgan fingerprint density at radius 3 is 2.69 bits per heavy atom. The summed E-state index contributed by atoms with van der Waals surface area (Å²) in [5, 5.41) is 3.28. The third-order valence-corrected chi connectivity index (χ3v) is 2.44. The van der Waals surface area contributed by atoms with Gasteiger partial charge in [0.1, 0.15) is 5.76 Å². The maximum absolute atomic E-state index is 5.14. The van der Waals surface area contributed by atoms with Gasteiger partial charge in [0.15, 0.2) is 6.39 Å². The SMILES string of the molecule is CCCc1ccc(NCc2cnco2)cc1. The molecular formula is C13H16N2O. The molecule has 0 aliphatic heterocycles. The summed E-state index contributed by atoms with van der Waals surface area (Å²) in [6, 6.07) is 8.52. The number of anilines is 1. The van der Waals surface area contributed by atoms with E-state index in [1.165, 1.54) is 18.4 Å². The van der Waals surface area contributed by atoms with E-state index < -0.39 is 0 Å². The van der Waals surface area contributed by atoms with Crippen molar-refractivity contribution in [1.29, 1.82) is 0 Å². The van der Waals surface area contributed by atoms with Crippen LogP contribution in [0.5, 0.6) is 0 Å². The number of oxazole rings is 1. The van der Waals surface area contributed by atoms with Crippen LogP contribution in [0.2, 0.25) is 0 Å². The van der Waals surface area contributed by atoms with Crippen molar-refractivity contribution < 1.29 is 4.42 Å². The molecule has 1 heterocycles. The molecule has 2 rings (SSSR count). The van der Waals surface area contributed by atoms with Crippen molar-refractivity contribution in [2.24, 2.45) is 0 Å². The second-order valence-electron chi connectivity index (χ2n) is 3.77. The second-order valence-corrected chi connectivity index (χ2v) is 3.77. The average molecular weight is 216 g/mol. The van der Waals surface area contributed by atoms with Crippen LogP contribution in [0.15, 0.2) is 41.3 Å². The Morgan fingerprint density at radius 2 is 2.06 bits per heavy atom. The van der Waals surface area contributed by atoms with Crippen LogP contribution in [-0.4, -0.2) is 4.98 Å². The van der Waals surface area contributed by atoms with Crippen molar-refractivity contribution in [3.05, 3.63) is 48.2 Å². The molecule has 0 bridgehead atoms. The predicted octanol–water partition coefficient (Wildman–Crippen LogP) is 3.24. The van der Waals surface area contributed by atoms with Crippen molar-refractivity contribution in [2.75, 3.05) is 5.32 Å². The molecule has 1 N–H and O–H groups in total. The molecule has 0 amide bonds. The highest BCUT2D eigenvalue weighted by atomic mass is 16.3. The van der Waals surface area contributed by atoms with Crippen molar-refractivity contribution >= 4 is 5.69 Å². The Morgan fingerprint density at radius 1 is 1.25 bits per heavy atom. The first-order chi connectivity index (χ1) is 7.88. The molecule has 0 atom stereocenters. The predicted molar refractivity (Wildman–Crippen MR) is 64.3 cm³/mol. The first kappa shape index (κ1) is 10.7. The number of hydrogen-bond acceptors (Lipinski definition) is 3. The summed E-state index contributed by atoms with van der Waals surface area (Å²) >= 11 is 0. The van der Waals surface area contributed by atoms with Gasteiger partial charge in [-0.2, -0.15) is 0 Å². The molecule has 16 heavy (non-hydrogen) atoms. The highest BCUT2D eigenvalue weighted by molar-refractivity contribution is 5.44. The number of hydrogen-bond donors (Lipinski definition) is 1. The van der Waals surface area contributed by atoms with E-state index in [9.17, 15) is 0 Å². The fourth-order valence-corrected chi connectivity index (χ4v) is 1.60. The van der Waals surface area contributed by atoms with Gasteiger partial charge in [-0.3, -0.25) is 0 Å². The number of benzene rings is 1. The lowest BCUT2D eigenvalue weighted by atomic mass is 10.1. The molecule has 84 valence electrons. The Balaban J connectivity index is 1.90. The minimum Gasteiger partial charge on any atom is -0.447 e. The van der Waals surface area contributed by atoms with Crippen LogP contribution < -0.4 is 5.32 Å². The molecule has 0 aliphatic carbocycles. The zero-order valence-electron chi connectivity index (χ0n) is 9.44. The number of nitrogens with zero attached hydrogens (tertiary/aromatic N) is 1. The molecule has 3 nitrogen and oxygen atoms in total. The minimum atomic E-state index is 0.674. The van der Waals surface area contributed by atoms with Crippen molar-refractivity contribution in [3.63, 3.8) is 0 Å². The molecule has 0 saturated carbocycles. The summed E-state index contributed by atoms with van der Waals surface area (Å²) in [6.45, 7) is 2.86. The number of aryl methyl sites for hydroxylation is 1. The molecule has 0 unspecified atom stereocenters. The third-order valence-electron chi connectivity index (χ3n) is 2.44. The zero-order valence-corrected chi connectivity index (χ0v) is 9.44. The monoisotopic (exact) mass is 216 g/mol. The van der Waals surface area contributed by atoms with E-state index in [1.54, 1.807) is 6.20 Å². The molecule has 2 aromatic rings. The van der Waals surface area contributed by atoms with Gasteiger partial charge in [-0.25, -0.2) is 4.98 Å². The largest absolute Gasteiger partial charge is 0.447 e. The van der Waals surface area contributed by atoms with E-state index in [0.717, 1.165) is 17.9 Å². The van der Waals surface area contributed by atoms with Gasteiger partial charge in [-0.15, -0.1) is 0 Å². The van der Waals surface area contributed by atoms with Gasteiger partial charge >= 0.3 is 0 Å². The van der Waals surface area contributed by atoms with Gasteiger partial charge in [0, 0.05) is 5.69 Å². The van der Waals surface area contributed by atoms with Gasteiger partial charge < -0.3 is 9.73 Å². The first-order valence-corrected chi connectivity index (χ1v) is 5.58. The van der Waals surface area contributed by atoms with Gasteiger partial charge in [0.2, 0.25) is 0 Å². The van der Waals surface area contributed by atoms with Crippen molar-refractivity contribution in [2.45, 2.75) is 26.3 Å². The quantitative estimate of drug-likeness (QED) is 0.833. The Labute approximate surface area is 95.5 Å². The zero-order chi connectivity index (χ0) is 11.2. The van der Waals surface area contributed by atoms with Crippen LogP contribution in [0.1, 0.15) is 24.7 Å². The van der Waals surface area contributed by atoms with E-state index in [1.807, 2.05) is 0 Å². The normalized spacial score (nSPS) is 10.3. The van der Waals surface area contributed by atoms with E-state index in [2.05, 4.69) is 41.5 Å². The van der Waals surface area contributed by atoms with Gasteiger partial charge in [-0.1, -0.05) is 25.5 Å². The maximum atomic E-state index is 5.14. The van der Waals surface area contributed by atoms with E-state index in [-0.39, 0.29) is 0 Å². The summed E-state index contributed by atoms with van der Waals surface area (Å²) in [7, 11) is 0. The third kappa shape index (κ3) is 2.86. The van der Waals surface area contributed by atoms with Crippen LogP contribution >= 0.6 is 0 Å². The lowest BCUT2D eigenvalue weighted by molar-refractivity contribution is 0.512. The summed E-state index contributed by atoms with van der Waals surface area (Å²) in [6.07, 6.45) is 5.49. The van der Waals surface area contributed by atoms with E-state index in [4.69, 9.17) is 4.42 Å². The molecule has 0 saturated heterocycles. The number of rotatable bonds is 5. The standard InChI is InChI=1S/C13H16N2O/c1-2-3-11-4-6-12(7-5-11)15-9-13-8-14-10-16-13/h4-8,10,15H,2-3,9H2,1H3. The summed E-state index contributed by atoms with van der Waals surface area (Å²) < 4.78 is 5.14. The number of nitrogens with one attached hydrogen (secondary N) is 1. The molecule has 0 spiro atoms. The Hall–Kier alpha value is -1.77. The van der Waals surface area contributed by atoms with Crippen LogP contribution in [0.3, 0.4) is 0 Å². The van der Waals surface area contributed by atoms with Gasteiger partial charge in [0.05, 0.1) is 12.7 Å². The minimum absolute atomic E-state index is 0.674. The fraction of sp³-hybridized carbons (Fsp3) is 0.308. The maximum Gasteiger partial charge on any atom is 0.180 e. The van der Waals surface area contributed by atoms with Crippen LogP contribution in [0, 0.1) is 0 Å². The summed E-state index contributed by atoms with van der Waals surface area (Å²) in [4.78, 5) is 3.87. The van der Waals surface area contributed by atoms with E-state index >= 15 is 0 Å². The molecule has 0 fully saturated rings. The topological polar surface area (TPSA) is 38.1 Å². The molecule has 1 aromatic carbocycles. The molecule has 3 heteroatoms.